The SMILES string of the molecule is Cc1ccc(-c2cc(C(=O)N3CCCC(OCCO)C3)c3ccccc3n2)cc1. The Bertz CT molecular complexity index is 1000. The monoisotopic (exact) mass is 390 g/mol. The molecule has 3 aromatic rings. The highest BCUT2D eigenvalue weighted by atomic mass is 16.5. The number of aromatic nitrogens is 1. The molecule has 150 valence electrons. The molecule has 1 atom stereocenters. The molecule has 2 aromatic carbocycles. The zero-order chi connectivity index (χ0) is 20.2. The molecular formula is C24H26N2O3. The van der Waals surface area contributed by atoms with Crippen LogP contribution in [0.25, 0.3) is 22.2 Å². The topological polar surface area (TPSA) is 62.7 Å². The van der Waals surface area contributed by atoms with Crippen LogP contribution in [0.2, 0.25) is 0 Å². The van der Waals surface area contributed by atoms with E-state index in [4.69, 9.17) is 14.8 Å². The Morgan fingerprint density at radius 3 is 2.79 bits per heavy atom. The van der Waals surface area contributed by atoms with E-state index in [0.717, 1.165) is 35.0 Å². The van der Waals surface area contributed by atoms with E-state index >= 15 is 0 Å². The lowest BCUT2D eigenvalue weighted by atomic mass is 10.0. The van der Waals surface area contributed by atoms with Gasteiger partial charge in [-0.2, -0.15) is 0 Å². The average Bonchev–Trinajstić information content (AvgIpc) is 2.77. The number of carbonyl (C=O) groups is 1. The van der Waals surface area contributed by atoms with Crippen molar-refractivity contribution in [1.29, 1.82) is 0 Å². The van der Waals surface area contributed by atoms with Crippen LogP contribution in [0.4, 0.5) is 0 Å². The van der Waals surface area contributed by atoms with Crippen LogP contribution in [0.5, 0.6) is 0 Å². The van der Waals surface area contributed by atoms with Gasteiger partial charge in [-0.1, -0.05) is 48.0 Å². The summed E-state index contributed by atoms with van der Waals surface area (Å²) < 4.78 is 5.68. The van der Waals surface area contributed by atoms with Gasteiger partial charge in [-0.15, -0.1) is 0 Å². The number of piperidine rings is 1. The predicted molar refractivity (Wildman–Crippen MR) is 114 cm³/mol. The van der Waals surface area contributed by atoms with E-state index in [1.54, 1.807) is 0 Å². The fraction of sp³-hybridized carbons (Fsp3) is 0.333. The molecule has 0 radical (unpaired) electrons. The van der Waals surface area contributed by atoms with Gasteiger partial charge < -0.3 is 14.7 Å². The molecule has 1 fully saturated rings. The molecule has 1 aliphatic heterocycles. The van der Waals surface area contributed by atoms with E-state index < -0.39 is 0 Å². The molecule has 0 aliphatic carbocycles. The first-order chi connectivity index (χ1) is 14.2. The number of benzene rings is 2. The summed E-state index contributed by atoms with van der Waals surface area (Å²) in [6.07, 6.45) is 1.79. The minimum atomic E-state index is -0.0236. The highest BCUT2D eigenvalue weighted by Gasteiger charge is 2.26. The van der Waals surface area contributed by atoms with E-state index in [1.165, 1.54) is 5.56 Å². The Kier molecular flexibility index (Phi) is 5.88. The first kappa shape index (κ1) is 19.6. The van der Waals surface area contributed by atoms with Crippen molar-refractivity contribution in [1.82, 2.24) is 9.88 Å². The highest BCUT2D eigenvalue weighted by molar-refractivity contribution is 6.07. The maximum absolute atomic E-state index is 13.5. The maximum Gasteiger partial charge on any atom is 0.254 e. The lowest BCUT2D eigenvalue weighted by molar-refractivity contribution is -0.0110. The predicted octanol–water partition coefficient (Wildman–Crippen LogP) is 3.82. The maximum atomic E-state index is 13.5. The number of hydrogen-bond acceptors (Lipinski definition) is 4. The lowest BCUT2D eigenvalue weighted by Crippen LogP contribution is -2.43. The molecule has 1 amide bonds. The van der Waals surface area contributed by atoms with Crippen LogP contribution in [0, 0.1) is 6.92 Å². The van der Waals surface area contributed by atoms with Crippen LogP contribution in [-0.2, 0) is 4.74 Å². The van der Waals surface area contributed by atoms with Gasteiger partial charge in [-0.25, -0.2) is 4.98 Å². The first-order valence-electron chi connectivity index (χ1n) is 10.1. The van der Waals surface area contributed by atoms with Crippen molar-refractivity contribution in [3.05, 3.63) is 65.7 Å². The number of aryl methyl sites for hydroxylation is 1. The minimum Gasteiger partial charge on any atom is -0.394 e. The van der Waals surface area contributed by atoms with Crippen molar-refractivity contribution in [3.63, 3.8) is 0 Å². The molecule has 0 spiro atoms. The van der Waals surface area contributed by atoms with Gasteiger partial charge in [-0.3, -0.25) is 4.79 Å². The smallest absolute Gasteiger partial charge is 0.254 e. The van der Waals surface area contributed by atoms with E-state index in [-0.39, 0.29) is 18.6 Å². The third-order valence-electron chi connectivity index (χ3n) is 5.40. The summed E-state index contributed by atoms with van der Waals surface area (Å²) in [7, 11) is 0. The molecule has 4 rings (SSSR count). The summed E-state index contributed by atoms with van der Waals surface area (Å²) in [5.74, 6) is 0.00857. The van der Waals surface area contributed by atoms with Crippen molar-refractivity contribution >= 4 is 16.8 Å². The second-order valence-electron chi connectivity index (χ2n) is 7.55. The number of nitrogens with zero attached hydrogens (tertiary/aromatic N) is 2. The zero-order valence-electron chi connectivity index (χ0n) is 16.7. The van der Waals surface area contributed by atoms with Crippen molar-refractivity contribution in [2.75, 3.05) is 26.3 Å². The fourth-order valence-electron chi connectivity index (χ4n) is 3.87. The molecule has 5 nitrogen and oxygen atoms in total. The quantitative estimate of drug-likeness (QED) is 0.719. The Labute approximate surface area is 170 Å². The second-order valence-corrected chi connectivity index (χ2v) is 7.55. The van der Waals surface area contributed by atoms with Crippen molar-refractivity contribution in [2.45, 2.75) is 25.9 Å². The number of aliphatic hydroxyl groups is 1. The number of rotatable bonds is 5. The molecule has 1 aromatic heterocycles. The molecule has 5 heteroatoms. The van der Waals surface area contributed by atoms with Gasteiger partial charge in [0.2, 0.25) is 0 Å². The summed E-state index contributed by atoms with van der Waals surface area (Å²) in [6, 6.07) is 17.9. The van der Waals surface area contributed by atoms with Gasteiger partial charge in [0.25, 0.3) is 5.91 Å². The van der Waals surface area contributed by atoms with Gasteiger partial charge in [0.05, 0.1) is 36.1 Å². The Hall–Kier alpha value is -2.76. The van der Waals surface area contributed by atoms with Crippen LogP contribution >= 0.6 is 0 Å². The summed E-state index contributed by atoms with van der Waals surface area (Å²) in [4.78, 5) is 20.1. The van der Waals surface area contributed by atoms with Crippen LogP contribution < -0.4 is 0 Å². The summed E-state index contributed by atoms with van der Waals surface area (Å²) in [6.45, 7) is 3.63. The number of aliphatic hydroxyl groups excluding tert-OH is 1. The largest absolute Gasteiger partial charge is 0.394 e. The van der Waals surface area contributed by atoms with Crippen LogP contribution in [0.1, 0.15) is 28.8 Å². The van der Waals surface area contributed by atoms with E-state index in [1.807, 2.05) is 47.4 Å². The molecule has 0 saturated carbocycles. The second kappa shape index (κ2) is 8.72. The van der Waals surface area contributed by atoms with E-state index in [0.29, 0.717) is 25.3 Å². The summed E-state index contributed by atoms with van der Waals surface area (Å²) >= 11 is 0. The molecule has 2 heterocycles. The Balaban J connectivity index is 1.70. The lowest BCUT2D eigenvalue weighted by Gasteiger charge is -2.33. The van der Waals surface area contributed by atoms with Gasteiger partial charge >= 0.3 is 0 Å². The molecule has 29 heavy (non-hydrogen) atoms. The third-order valence-corrected chi connectivity index (χ3v) is 5.40. The van der Waals surface area contributed by atoms with Gasteiger partial charge in [-0.05, 0) is 31.9 Å². The molecule has 1 saturated heterocycles. The van der Waals surface area contributed by atoms with Crippen LogP contribution in [-0.4, -0.2) is 53.3 Å². The first-order valence-corrected chi connectivity index (χ1v) is 10.1. The number of ether oxygens (including phenoxy) is 1. The average molecular weight is 390 g/mol. The Morgan fingerprint density at radius 2 is 2.00 bits per heavy atom. The zero-order valence-corrected chi connectivity index (χ0v) is 16.7. The van der Waals surface area contributed by atoms with E-state index in [2.05, 4.69) is 19.1 Å². The summed E-state index contributed by atoms with van der Waals surface area (Å²) in [5.41, 5.74) is 4.48. The molecule has 1 aliphatic rings. The van der Waals surface area contributed by atoms with Gasteiger partial charge in [0.15, 0.2) is 0 Å². The molecular weight excluding hydrogens is 364 g/mol. The van der Waals surface area contributed by atoms with Crippen LogP contribution in [0.15, 0.2) is 54.6 Å². The fourth-order valence-corrected chi connectivity index (χ4v) is 3.87. The number of hydrogen-bond donors (Lipinski definition) is 1. The van der Waals surface area contributed by atoms with E-state index in [9.17, 15) is 4.79 Å². The molecule has 1 N–H and O–H groups in total. The van der Waals surface area contributed by atoms with Gasteiger partial charge in [0, 0.05) is 24.0 Å². The van der Waals surface area contributed by atoms with Crippen molar-refractivity contribution < 1.29 is 14.6 Å². The summed E-state index contributed by atoms with van der Waals surface area (Å²) in [5, 5.41) is 9.88. The van der Waals surface area contributed by atoms with Crippen molar-refractivity contribution in [2.24, 2.45) is 0 Å². The molecule has 0 bridgehead atoms. The number of likely N-dealkylation sites (tertiary alicyclic amines) is 1. The number of amides is 1. The molecule has 1 unspecified atom stereocenters. The minimum absolute atomic E-state index is 0.000646. The normalized spacial score (nSPS) is 16.9. The number of carbonyl (C=O) groups excluding carboxylic acids is 1. The highest BCUT2D eigenvalue weighted by Crippen LogP contribution is 2.27. The number of pyridine rings is 1. The van der Waals surface area contributed by atoms with Gasteiger partial charge in [0.1, 0.15) is 0 Å². The third kappa shape index (κ3) is 4.31. The van der Waals surface area contributed by atoms with Crippen LogP contribution in [0.3, 0.4) is 0 Å². The number of para-hydroxylation sites is 1. The number of fused-ring (bicyclic) bond motifs is 1. The van der Waals surface area contributed by atoms with Crippen molar-refractivity contribution in [3.8, 4) is 11.3 Å². The standard InChI is InChI=1S/C24H26N2O3/c1-17-8-10-18(11-9-17)23-15-21(20-6-2-3-7-22(20)25-23)24(28)26-12-4-5-19(16-26)29-14-13-27/h2-3,6-11,15,19,27H,4-5,12-14,16H2,1H3. The Morgan fingerprint density at radius 1 is 1.21 bits per heavy atom.